The summed E-state index contributed by atoms with van der Waals surface area (Å²) in [7, 11) is 1.66. The molecule has 0 spiro atoms. The van der Waals surface area contributed by atoms with E-state index in [1.807, 2.05) is 11.4 Å². The fourth-order valence-electron chi connectivity index (χ4n) is 1.38. The van der Waals surface area contributed by atoms with Crippen LogP contribution in [0.3, 0.4) is 0 Å². The van der Waals surface area contributed by atoms with Crippen LogP contribution in [0.4, 0.5) is 0 Å². The molecule has 0 atom stereocenters. The van der Waals surface area contributed by atoms with Crippen LogP contribution < -0.4 is 0 Å². The van der Waals surface area contributed by atoms with Crippen molar-refractivity contribution in [2.45, 2.75) is 6.54 Å². The number of nitrogens with zero attached hydrogens (tertiary/aromatic N) is 2. The van der Waals surface area contributed by atoms with Gasteiger partial charge in [-0.2, -0.15) is 0 Å². The molecule has 8 heteroatoms. The maximum atomic E-state index is 12.1. The van der Waals surface area contributed by atoms with E-state index < -0.39 is 5.97 Å². The average Bonchev–Trinajstić information content (AvgIpc) is 2.97. The molecule has 2 rings (SSSR count). The molecule has 0 unspecified atom stereocenters. The Morgan fingerprint density at radius 1 is 1.42 bits per heavy atom. The van der Waals surface area contributed by atoms with Gasteiger partial charge in [0.05, 0.1) is 6.54 Å². The second kappa shape index (κ2) is 5.81. The number of hydrogen-bond acceptors (Lipinski definition) is 5. The number of thiazole rings is 1. The first-order valence-corrected chi connectivity index (χ1v) is 7.70. The van der Waals surface area contributed by atoms with Crippen LogP contribution in [-0.2, 0) is 6.54 Å². The lowest BCUT2D eigenvalue weighted by Crippen LogP contribution is -2.25. The number of rotatable bonds is 4. The Hall–Kier alpha value is -1.25. The van der Waals surface area contributed by atoms with E-state index in [0.29, 0.717) is 6.54 Å². The van der Waals surface area contributed by atoms with Crippen LogP contribution in [0.1, 0.15) is 25.2 Å². The third-order valence-corrected chi connectivity index (χ3v) is 4.78. The molecule has 5 nitrogen and oxygen atoms in total. The first-order chi connectivity index (χ1) is 8.97. The van der Waals surface area contributed by atoms with Gasteiger partial charge in [0.15, 0.2) is 10.7 Å². The Morgan fingerprint density at radius 2 is 2.16 bits per heavy atom. The minimum Gasteiger partial charge on any atom is -0.476 e. The predicted molar refractivity (Wildman–Crippen MR) is 76.9 cm³/mol. The molecule has 0 aromatic carbocycles. The Balaban J connectivity index is 2.07. The lowest BCUT2D eigenvalue weighted by molar-refractivity contribution is 0.0691. The van der Waals surface area contributed by atoms with E-state index in [2.05, 4.69) is 20.9 Å². The second-order valence-corrected chi connectivity index (χ2v) is 6.51. The topological polar surface area (TPSA) is 70.5 Å². The van der Waals surface area contributed by atoms with Gasteiger partial charge >= 0.3 is 5.97 Å². The van der Waals surface area contributed by atoms with Crippen molar-refractivity contribution in [3.05, 3.63) is 36.9 Å². The van der Waals surface area contributed by atoms with E-state index in [-0.39, 0.29) is 16.6 Å². The molecule has 1 N–H and O–H groups in total. The molecule has 2 aromatic rings. The third-order valence-electron chi connectivity index (χ3n) is 2.27. The third kappa shape index (κ3) is 3.40. The van der Waals surface area contributed by atoms with Gasteiger partial charge in [-0.05, 0) is 22.0 Å². The Morgan fingerprint density at radius 3 is 2.68 bits per heavy atom. The largest absolute Gasteiger partial charge is 0.476 e. The normalized spacial score (nSPS) is 10.4. The van der Waals surface area contributed by atoms with Gasteiger partial charge in [-0.15, -0.1) is 22.7 Å². The standard InChI is InChI=1S/C11H9BrN2O3S2/c1-14(3-7-2-6(12)4-18-7)10(15)9-13-8(5-19-9)11(16)17/h2,4-5H,3H2,1H3,(H,16,17). The van der Waals surface area contributed by atoms with Crippen LogP contribution in [0.15, 0.2) is 21.3 Å². The quantitative estimate of drug-likeness (QED) is 0.909. The summed E-state index contributed by atoms with van der Waals surface area (Å²) in [6, 6.07) is 1.94. The first-order valence-electron chi connectivity index (χ1n) is 5.14. The van der Waals surface area contributed by atoms with Gasteiger partial charge in [0.1, 0.15) is 0 Å². The molecule has 0 saturated heterocycles. The molecule has 0 bridgehead atoms. The molecule has 0 aliphatic heterocycles. The monoisotopic (exact) mass is 360 g/mol. The van der Waals surface area contributed by atoms with Gasteiger partial charge in [-0.25, -0.2) is 9.78 Å². The smallest absolute Gasteiger partial charge is 0.355 e. The van der Waals surface area contributed by atoms with Crippen molar-refractivity contribution in [2.24, 2.45) is 0 Å². The van der Waals surface area contributed by atoms with Crippen LogP contribution in [-0.4, -0.2) is 33.9 Å². The summed E-state index contributed by atoms with van der Waals surface area (Å²) < 4.78 is 0.982. The number of carbonyl (C=O) groups is 2. The van der Waals surface area contributed by atoms with Crippen molar-refractivity contribution in [3.8, 4) is 0 Å². The first kappa shape index (κ1) is 14.2. The Labute approximate surface area is 125 Å². The van der Waals surface area contributed by atoms with Gasteiger partial charge < -0.3 is 10.0 Å². The predicted octanol–water partition coefficient (Wildman–Crippen LogP) is 2.94. The summed E-state index contributed by atoms with van der Waals surface area (Å²) in [5, 5.41) is 12.3. The molecule has 0 aliphatic carbocycles. The number of amides is 1. The van der Waals surface area contributed by atoms with Crippen molar-refractivity contribution in [1.29, 1.82) is 0 Å². The summed E-state index contributed by atoms with van der Waals surface area (Å²) in [5.41, 5.74) is -0.0966. The van der Waals surface area contributed by atoms with Crippen molar-refractivity contribution < 1.29 is 14.7 Å². The van der Waals surface area contributed by atoms with Gasteiger partial charge in [0.2, 0.25) is 0 Å². The summed E-state index contributed by atoms with van der Waals surface area (Å²) in [4.78, 5) is 29.1. The molecule has 100 valence electrons. The van der Waals surface area contributed by atoms with Crippen molar-refractivity contribution in [2.75, 3.05) is 7.05 Å². The van der Waals surface area contributed by atoms with Crippen molar-refractivity contribution >= 4 is 50.5 Å². The average molecular weight is 361 g/mol. The summed E-state index contributed by atoms with van der Waals surface area (Å²) >= 11 is 5.94. The molecular formula is C11H9BrN2O3S2. The maximum Gasteiger partial charge on any atom is 0.355 e. The van der Waals surface area contributed by atoms with Gasteiger partial charge in [0, 0.05) is 27.2 Å². The number of carboxylic acids is 1. The molecular weight excluding hydrogens is 352 g/mol. The zero-order chi connectivity index (χ0) is 14.0. The van der Waals surface area contributed by atoms with Gasteiger partial charge in [-0.1, -0.05) is 0 Å². The Kier molecular flexibility index (Phi) is 4.33. The summed E-state index contributed by atoms with van der Waals surface area (Å²) in [6.45, 7) is 0.469. The zero-order valence-corrected chi connectivity index (χ0v) is 13.0. The highest BCUT2D eigenvalue weighted by Crippen LogP contribution is 2.21. The molecule has 0 fully saturated rings. The van der Waals surface area contributed by atoms with E-state index >= 15 is 0 Å². The highest BCUT2D eigenvalue weighted by molar-refractivity contribution is 9.10. The zero-order valence-electron chi connectivity index (χ0n) is 9.79. The van der Waals surface area contributed by atoms with E-state index in [1.54, 1.807) is 18.4 Å². The van der Waals surface area contributed by atoms with E-state index in [1.165, 1.54) is 10.3 Å². The lowest BCUT2D eigenvalue weighted by atomic mass is 10.4. The molecule has 0 aliphatic rings. The number of aromatic carboxylic acids is 1. The van der Waals surface area contributed by atoms with E-state index in [0.717, 1.165) is 20.7 Å². The fourth-order valence-corrected chi connectivity index (χ4v) is 3.66. The minimum atomic E-state index is -1.12. The number of hydrogen-bond donors (Lipinski definition) is 1. The second-order valence-electron chi connectivity index (χ2n) is 3.74. The number of carbonyl (C=O) groups excluding carboxylic acids is 1. The molecule has 19 heavy (non-hydrogen) atoms. The highest BCUT2D eigenvalue weighted by Gasteiger charge is 2.18. The number of halogens is 1. The van der Waals surface area contributed by atoms with Crippen LogP contribution >= 0.6 is 38.6 Å². The molecule has 0 radical (unpaired) electrons. The molecule has 1 amide bonds. The van der Waals surface area contributed by atoms with E-state index in [9.17, 15) is 9.59 Å². The van der Waals surface area contributed by atoms with Crippen molar-refractivity contribution in [1.82, 2.24) is 9.88 Å². The number of carboxylic acid groups (broad SMARTS) is 1. The molecule has 2 heterocycles. The van der Waals surface area contributed by atoms with Crippen LogP contribution in [0, 0.1) is 0 Å². The maximum absolute atomic E-state index is 12.1. The minimum absolute atomic E-state index is 0.0966. The van der Waals surface area contributed by atoms with Crippen LogP contribution in [0.2, 0.25) is 0 Å². The van der Waals surface area contributed by atoms with Gasteiger partial charge in [-0.3, -0.25) is 4.79 Å². The Bertz CT molecular complexity index is 623. The summed E-state index contributed by atoms with van der Waals surface area (Å²) in [6.07, 6.45) is 0. The van der Waals surface area contributed by atoms with E-state index in [4.69, 9.17) is 5.11 Å². The molecule has 2 aromatic heterocycles. The van der Waals surface area contributed by atoms with Crippen molar-refractivity contribution in [3.63, 3.8) is 0 Å². The number of thiophene rings is 1. The van der Waals surface area contributed by atoms with Crippen LogP contribution in [0.25, 0.3) is 0 Å². The SMILES string of the molecule is CN(Cc1cc(Br)cs1)C(=O)c1nc(C(=O)O)cs1. The lowest BCUT2D eigenvalue weighted by Gasteiger charge is -2.14. The fraction of sp³-hybridized carbons (Fsp3) is 0.182. The highest BCUT2D eigenvalue weighted by atomic mass is 79.9. The summed E-state index contributed by atoms with van der Waals surface area (Å²) in [5.74, 6) is -1.40. The van der Waals surface area contributed by atoms with Gasteiger partial charge in [0.25, 0.3) is 5.91 Å². The number of aromatic nitrogens is 1. The van der Waals surface area contributed by atoms with Crippen LogP contribution in [0.5, 0.6) is 0 Å². The molecule has 0 saturated carbocycles.